The van der Waals surface area contributed by atoms with Crippen molar-refractivity contribution in [3.05, 3.63) is 108 Å². The Hall–Kier alpha value is -6.24. The molecule has 6 heterocycles. The van der Waals surface area contributed by atoms with Gasteiger partial charge in [0.05, 0.1) is 54.5 Å². The number of ether oxygens (including phenoxy) is 2. The van der Waals surface area contributed by atoms with Crippen LogP contribution in [0.4, 0.5) is 4.39 Å². The molecule has 0 saturated carbocycles. The third kappa shape index (κ3) is 8.47. The highest BCUT2D eigenvalue weighted by molar-refractivity contribution is 5.89. The van der Waals surface area contributed by atoms with Gasteiger partial charge < -0.3 is 24.4 Å². The van der Waals surface area contributed by atoms with Crippen LogP contribution in [0.2, 0.25) is 0 Å². The minimum atomic E-state index is -0.741. The van der Waals surface area contributed by atoms with Crippen LogP contribution in [0.5, 0.6) is 17.4 Å². The molecule has 4 aliphatic rings. The number of nitrogens with zero attached hydrogens (tertiary/aromatic N) is 7. The molecule has 0 bridgehead atoms. The molecule has 2 fully saturated rings. The lowest BCUT2D eigenvalue weighted by Crippen LogP contribution is -2.60. The van der Waals surface area contributed by atoms with Gasteiger partial charge in [0.1, 0.15) is 5.75 Å². The van der Waals surface area contributed by atoms with E-state index in [1.165, 1.54) is 29.8 Å². The van der Waals surface area contributed by atoms with Crippen LogP contribution in [0.3, 0.4) is 0 Å². The molecule has 13 heteroatoms. The summed E-state index contributed by atoms with van der Waals surface area (Å²) in [6, 6.07) is 14.4. The summed E-state index contributed by atoms with van der Waals surface area (Å²) in [5.74, 6) is 0.232. The topological polar surface area (TPSA) is 143 Å². The maximum Gasteiger partial charge on any atom is 0.245 e. The van der Waals surface area contributed by atoms with Crippen LogP contribution in [0, 0.1) is 23.6 Å². The molecule has 0 aliphatic carbocycles. The van der Waals surface area contributed by atoms with Gasteiger partial charge in [-0.25, -0.2) is 14.4 Å². The number of halogens is 1. The number of rotatable bonds is 11. The van der Waals surface area contributed by atoms with Crippen LogP contribution < -0.4 is 9.47 Å². The summed E-state index contributed by atoms with van der Waals surface area (Å²) in [5.41, 5.74) is 6.79. The van der Waals surface area contributed by atoms with Gasteiger partial charge in [-0.2, -0.15) is 4.98 Å². The maximum atomic E-state index is 13.7. The summed E-state index contributed by atoms with van der Waals surface area (Å²) in [5, 5.41) is 9.39. The van der Waals surface area contributed by atoms with E-state index in [9.17, 15) is 19.1 Å². The second-order valence-corrected chi connectivity index (χ2v) is 15.1. The normalized spacial score (nSPS) is 16.1. The first kappa shape index (κ1) is 40.4. The Kier molecular flexibility index (Phi) is 11.7. The largest absolute Gasteiger partial charge is 0.505 e. The van der Waals surface area contributed by atoms with E-state index in [1.54, 1.807) is 17.2 Å². The van der Waals surface area contributed by atoms with Gasteiger partial charge >= 0.3 is 0 Å². The molecule has 2 saturated heterocycles. The Bertz CT molecular complexity index is 2260. The van der Waals surface area contributed by atoms with E-state index in [4.69, 9.17) is 14.5 Å². The second-order valence-electron chi connectivity index (χ2n) is 15.1. The van der Waals surface area contributed by atoms with Crippen molar-refractivity contribution in [2.75, 3.05) is 39.4 Å². The van der Waals surface area contributed by atoms with E-state index in [0.717, 1.165) is 34.7 Å². The van der Waals surface area contributed by atoms with Crippen molar-refractivity contribution >= 4 is 24.2 Å². The highest BCUT2D eigenvalue weighted by Gasteiger charge is 2.44. The summed E-state index contributed by atoms with van der Waals surface area (Å²) in [6.45, 7) is 17.8. The highest BCUT2D eigenvalue weighted by atomic mass is 19.1. The molecule has 2 aromatic heterocycles. The lowest BCUT2D eigenvalue weighted by Gasteiger charge is -2.49. The fourth-order valence-electron chi connectivity index (χ4n) is 7.10. The molecule has 57 heavy (non-hydrogen) atoms. The average molecular weight is 774 g/mol. The molecule has 4 aromatic rings. The number of phenols is 1. The number of carbonyl (C=O) groups is 2. The fraction of sp³-hybridized carbons (Fsp3) is 0.341. The molecule has 12 nitrogen and oxygen atoms in total. The smallest absolute Gasteiger partial charge is 0.245 e. The number of fused-ring (bicyclic) bond motifs is 2. The molecular weight excluding hydrogens is 726 g/mol. The number of hydrogen-bond donors (Lipinski definition) is 1. The van der Waals surface area contributed by atoms with Crippen LogP contribution in [-0.2, 0) is 22.7 Å². The lowest BCUT2D eigenvalue weighted by atomic mass is 9.78. The van der Waals surface area contributed by atoms with Crippen molar-refractivity contribution < 1.29 is 28.6 Å². The van der Waals surface area contributed by atoms with E-state index in [2.05, 4.69) is 71.2 Å². The SMILES string of the molecule is C.C=CC(=O)N1CC(C)(COc2nc(-c3ccc(O)c(F)c3)nc3c2C=NC3)C1.C=CC(=O)N1CC(CC)(COc2cc(-c3ccc(C)cc3)nc3c2C=NC3)C1. The summed E-state index contributed by atoms with van der Waals surface area (Å²) in [6.07, 6.45) is 7.16. The van der Waals surface area contributed by atoms with Gasteiger partial charge in [-0.1, -0.05) is 64.3 Å². The minimum Gasteiger partial charge on any atom is -0.505 e. The minimum absolute atomic E-state index is 0. The van der Waals surface area contributed by atoms with Crippen molar-refractivity contribution in [1.82, 2.24) is 24.8 Å². The number of carbonyl (C=O) groups excluding carboxylic acids is 2. The molecule has 1 N–H and O–H groups in total. The van der Waals surface area contributed by atoms with E-state index in [0.29, 0.717) is 81.0 Å². The van der Waals surface area contributed by atoms with Gasteiger partial charge in [0.2, 0.25) is 17.7 Å². The van der Waals surface area contributed by atoms with Gasteiger partial charge in [0.25, 0.3) is 0 Å². The Balaban J connectivity index is 0.000000189. The standard InChI is InChI=1S/C23H25N3O2.C20H19FN4O3.CH4/c1-4-22(27)26-13-23(5-2,14-26)15-28-21-10-19(17-8-6-16(3)7-9-17)25-20-12-24-11-18(20)21;1-3-17(27)25-9-20(2,10-25)11-28-19-13-7-22-8-15(13)23-18(24-19)12-4-5-16(26)14(21)6-12;/h4,6-11H,1,5,12-15H2,2-3H3;3-7,26H,1,8-11H2,2H3;1H4. The van der Waals surface area contributed by atoms with E-state index in [-0.39, 0.29) is 30.1 Å². The summed E-state index contributed by atoms with van der Waals surface area (Å²) in [7, 11) is 0. The zero-order valence-electron chi connectivity index (χ0n) is 31.8. The van der Waals surface area contributed by atoms with Crippen LogP contribution in [0.25, 0.3) is 22.6 Å². The van der Waals surface area contributed by atoms with E-state index in [1.807, 2.05) is 24.1 Å². The van der Waals surface area contributed by atoms with Gasteiger partial charge in [0.15, 0.2) is 17.4 Å². The molecule has 2 amide bonds. The van der Waals surface area contributed by atoms with Crippen molar-refractivity contribution in [2.45, 2.75) is 47.7 Å². The second kappa shape index (κ2) is 16.5. The third-order valence-corrected chi connectivity index (χ3v) is 10.6. The lowest BCUT2D eigenvalue weighted by molar-refractivity contribution is -0.140. The number of aromatic nitrogens is 3. The quantitative estimate of drug-likeness (QED) is 0.165. The predicted octanol–water partition coefficient (Wildman–Crippen LogP) is 6.76. The number of pyridine rings is 1. The molecule has 0 atom stereocenters. The maximum absolute atomic E-state index is 13.7. The van der Waals surface area contributed by atoms with Crippen LogP contribution in [0.1, 0.15) is 55.8 Å². The number of aliphatic imine (C=N–C) groups is 2. The first-order chi connectivity index (χ1) is 26.9. The Morgan fingerprint density at radius 1 is 0.842 bits per heavy atom. The number of likely N-dealkylation sites (tertiary alicyclic amines) is 2. The third-order valence-electron chi connectivity index (χ3n) is 10.6. The number of benzene rings is 2. The van der Waals surface area contributed by atoms with Gasteiger partial charge in [-0.15, -0.1) is 0 Å². The summed E-state index contributed by atoms with van der Waals surface area (Å²) < 4.78 is 26.0. The molecule has 4 aliphatic heterocycles. The molecule has 0 unspecified atom stereocenters. The summed E-state index contributed by atoms with van der Waals surface area (Å²) in [4.78, 5) is 49.2. The molecule has 0 spiro atoms. The zero-order valence-corrected chi connectivity index (χ0v) is 31.8. The number of phenolic OH excluding ortho intramolecular Hbond substituents is 1. The van der Waals surface area contributed by atoms with Gasteiger partial charge in [-0.3, -0.25) is 19.6 Å². The monoisotopic (exact) mass is 773 g/mol. The van der Waals surface area contributed by atoms with Crippen molar-refractivity contribution in [3.8, 4) is 40.0 Å². The first-order valence-corrected chi connectivity index (χ1v) is 18.5. The Labute approximate surface area is 332 Å². The van der Waals surface area contributed by atoms with Gasteiger partial charge in [0, 0.05) is 66.6 Å². The van der Waals surface area contributed by atoms with Crippen LogP contribution in [0.15, 0.2) is 83.8 Å². The van der Waals surface area contributed by atoms with Crippen molar-refractivity contribution in [3.63, 3.8) is 0 Å². The van der Waals surface area contributed by atoms with Crippen LogP contribution >= 0.6 is 0 Å². The van der Waals surface area contributed by atoms with Gasteiger partial charge in [-0.05, 0) is 43.7 Å². The van der Waals surface area contributed by atoms with Crippen molar-refractivity contribution in [2.24, 2.45) is 20.8 Å². The molecule has 0 radical (unpaired) electrons. The number of hydrogen-bond acceptors (Lipinski definition) is 10. The average Bonchev–Trinajstić information content (AvgIpc) is 3.87. The zero-order chi connectivity index (χ0) is 39.6. The van der Waals surface area contributed by atoms with Crippen LogP contribution in [-0.4, -0.2) is 93.5 Å². The fourth-order valence-corrected chi connectivity index (χ4v) is 7.10. The Morgan fingerprint density at radius 3 is 2.09 bits per heavy atom. The molecular formula is C44H48FN7O5. The summed E-state index contributed by atoms with van der Waals surface area (Å²) >= 11 is 0. The molecule has 296 valence electrons. The molecule has 8 rings (SSSR count). The number of aromatic hydroxyl groups is 1. The number of aryl methyl sites for hydroxylation is 1. The van der Waals surface area contributed by atoms with Crippen molar-refractivity contribution in [1.29, 1.82) is 0 Å². The first-order valence-electron chi connectivity index (χ1n) is 18.5. The van der Waals surface area contributed by atoms with E-state index < -0.39 is 11.6 Å². The highest BCUT2D eigenvalue weighted by Crippen LogP contribution is 2.37. The number of amides is 2. The predicted molar refractivity (Wildman–Crippen MR) is 218 cm³/mol. The Morgan fingerprint density at radius 2 is 1.46 bits per heavy atom. The van der Waals surface area contributed by atoms with E-state index >= 15 is 0 Å². The molecule has 2 aromatic carbocycles.